The Hall–Kier alpha value is -3.44. The molecule has 0 radical (unpaired) electrons. The summed E-state index contributed by atoms with van der Waals surface area (Å²) < 4.78 is 5.81. The summed E-state index contributed by atoms with van der Waals surface area (Å²) >= 11 is 0. The molecule has 1 aromatic carbocycles. The molecule has 3 aliphatic carbocycles. The number of phenols is 1. The predicted octanol–water partition coefficient (Wildman–Crippen LogP) is -0.250. The lowest BCUT2D eigenvalue weighted by Crippen LogP contribution is -2.78. The van der Waals surface area contributed by atoms with Crippen LogP contribution >= 0.6 is 0 Å². The quantitative estimate of drug-likeness (QED) is 0.350. The largest absolute Gasteiger partial charge is 0.507 e. The van der Waals surface area contributed by atoms with E-state index in [1.54, 1.807) is 19.9 Å². The van der Waals surface area contributed by atoms with Crippen LogP contribution in [0.25, 0.3) is 0 Å². The van der Waals surface area contributed by atoms with Gasteiger partial charge in [-0.15, -0.1) is 0 Å². The summed E-state index contributed by atoms with van der Waals surface area (Å²) in [5.74, 6) is -13.9. The number of likely N-dealkylation sites (N-methyl/N-ethyl adjacent to an activating group) is 1. The van der Waals surface area contributed by atoms with Gasteiger partial charge < -0.3 is 20.7 Å². The highest BCUT2D eigenvalue weighted by Gasteiger charge is 2.74. The summed E-state index contributed by atoms with van der Waals surface area (Å²) in [4.78, 5) is 80.9. The monoisotopic (exact) mass is 514 g/mol. The molecule has 0 saturated heterocycles. The number of hydrogen-bond donors (Lipinski definition) is 3. The number of nitrogens with two attached hydrogens (primary N) is 1. The second kappa shape index (κ2) is 9.14. The van der Waals surface area contributed by atoms with Gasteiger partial charge in [0.25, 0.3) is 0 Å². The lowest BCUT2D eigenvalue weighted by atomic mass is 9.49. The maximum atomic E-state index is 14.0. The van der Waals surface area contributed by atoms with Gasteiger partial charge >= 0.3 is 5.97 Å². The highest BCUT2D eigenvalue weighted by atomic mass is 16.5. The average molecular weight is 515 g/mol. The van der Waals surface area contributed by atoms with E-state index in [1.165, 1.54) is 31.1 Å². The van der Waals surface area contributed by atoms with Gasteiger partial charge in [-0.3, -0.25) is 33.7 Å². The van der Waals surface area contributed by atoms with E-state index >= 15 is 0 Å². The molecule has 8 atom stereocenters. The minimum atomic E-state index is -3.02. The maximum Gasteiger partial charge on any atom is 0.306 e. The highest BCUT2D eigenvalue weighted by Crippen LogP contribution is 2.55. The van der Waals surface area contributed by atoms with Crippen LogP contribution in [0.2, 0.25) is 0 Å². The van der Waals surface area contributed by atoms with Crippen molar-refractivity contribution < 1.29 is 43.7 Å². The Balaban J connectivity index is 2.01. The van der Waals surface area contributed by atoms with E-state index in [1.807, 2.05) is 0 Å². The molecule has 4 rings (SSSR count). The fraction of sp³-hybridized carbons (Fsp3) is 0.538. The van der Waals surface area contributed by atoms with Gasteiger partial charge in [0.05, 0.1) is 23.4 Å². The molecule has 198 valence electrons. The molecule has 3 aliphatic rings. The molecule has 1 amide bonds. The number of benzene rings is 1. The average Bonchev–Trinajstić information content (AvgIpc) is 2.80. The summed E-state index contributed by atoms with van der Waals surface area (Å²) in [5, 5.41) is 22.3. The van der Waals surface area contributed by atoms with Crippen molar-refractivity contribution in [3.05, 3.63) is 29.3 Å². The van der Waals surface area contributed by atoms with Gasteiger partial charge in [0.15, 0.2) is 34.7 Å². The van der Waals surface area contributed by atoms with Gasteiger partial charge in [0.1, 0.15) is 11.9 Å². The summed E-state index contributed by atoms with van der Waals surface area (Å²) in [7, 11) is 2.92. The molecule has 4 N–H and O–H groups in total. The number of carbonyl (C=O) groups excluding carboxylic acids is 6. The zero-order valence-electron chi connectivity index (χ0n) is 21.0. The van der Waals surface area contributed by atoms with Crippen molar-refractivity contribution in [2.45, 2.75) is 50.4 Å². The minimum Gasteiger partial charge on any atom is -0.507 e. The van der Waals surface area contributed by atoms with Gasteiger partial charge in [-0.25, -0.2) is 0 Å². The molecule has 0 aliphatic heterocycles. The molecule has 0 bridgehead atoms. The molecule has 0 spiro atoms. The molecule has 0 aromatic heterocycles. The third kappa shape index (κ3) is 3.63. The van der Waals surface area contributed by atoms with E-state index < -0.39 is 82.3 Å². The van der Waals surface area contributed by atoms with Crippen molar-refractivity contribution in [1.29, 1.82) is 0 Å². The fourth-order valence-electron chi connectivity index (χ4n) is 6.48. The van der Waals surface area contributed by atoms with Crippen LogP contribution in [0.5, 0.6) is 5.75 Å². The van der Waals surface area contributed by atoms with Crippen LogP contribution in [0.1, 0.15) is 48.5 Å². The van der Waals surface area contributed by atoms with Gasteiger partial charge in [0.2, 0.25) is 5.91 Å². The first-order valence-corrected chi connectivity index (χ1v) is 12.2. The molecular formula is C26H30N2O9. The zero-order chi connectivity index (χ0) is 27.6. The molecule has 37 heavy (non-hydrogen) atoms. The molecule has 2 unspecified atom stereocenters. The second-order valence-electron chi connectivity index (χ2n) is 10.3. The van der Waals surface area contributed by atoms with Gasteiger partial charge in [0, 0.05) is 12.3 Å². The maximum absolute atomic E-state index is 14.0. The van der Waals surface area contributed by atoms with Gasteiger partial charge in [-0.1, -0.05) is 26.0 Å². The Morgan fingerprint density at radius 2 is 1.78 bits per heavy atom. The van der Waals surface area contributed by atoms with Gasteiger partial charge in [-0.2, -0.15) is 0 Å². The number of aliphatic hydroxyl groups is 1. The fourth-order valence-corrected chi connectivity index (χ4v) is 6.48. The molecule has 2 fully saturated rings. The normalized spacial score (nSPS) is 35.0. The second-order valence-corrected chi connectivity index (χ2v) is 10.3. The Labute approximate surface area is 212 Å². The molecule has 0 heterocycles. The third-order valence-electron chi connectivity index (χ3n) is 8.05. The Morgan fingerprint density at radius 3 is 2.35 bits per heavy atom. The number of amides is 1. The number of hydrogen-bond acceptors (Lipinski definition) is 10. The molecule has 11 heteroatoms. The number of primary amides is 1. The smallest absolute Gasteiger partial charge is 0.306 e. The van der Waals surface area contributed by atoms with Gasteiger partial charge in [-0.05, 0) is 38.1 Å². The van der Waals surface area contributed by atoms with Crippen molar-refractivity contribution in [3.8, 4) is 5.75 Å². The number of fused-ring (bicyclic) bond motifs is 3. The topological polar surface area (TPSA) is 181 Å². The minimum absolute atomic E-state index is 0.0227. The molecule has 2 saturated carbocycles. The van der Waals surface area contributed by atoms with Crippen LogP contribution in [0.3, 0.4) is 0 Å². The first kappa shape index (κ1) is 26.6. The summed E-state index contributed by atoms with van der Waals surface area (Å²) in [5.41, 5.74) is 2.62. The summed E-state index contributed by atoms with van der Waals surface area (Å²) in [6, 6.07) is 3.01. The number of phenolic OH excluding ortho intramolecular Hbond substituents is 1. The van der Waals surface area contributed by atoms with E-state index in [0.717, 1.165) is 0 Å². The van der Waals surface area contributed by atoms with Crippen molar-refractivity contribution in [2.75, 3.05) is 14.1 Å². The number of nitrogens with zero attached hydrogens (tertiary/aromatic N) is 1. The van der Waals surface area contributed by atoms with Crippen molar-refractivity contribution in [1.82, 2.24) is 4.90 Å². The SMILES string of the molecule is CCCC(=O)O[C@@H]1[C@@H]2C(C(=O)c3c(O)cccc3[C@H]2C)C(=O)[C@@]2(O)C(=O)C(C(N)=O)C(=O)[C@H](N(C)C)[C@@H]12. The lowest BCUT2D eigenvalue weighted by molar-refractivity contribution is -0.205. The molecule has 1 aromatic rings. The first-order valence-electron chi connectivity index (χ1n) is 12.2. The van der Waals surface area contributed by atoms with Crippen LogP contribution in [-0.2, 0) is 28.7 Å². The van der Waals surface area contributed by atoms with E-state index in [2.05, 4.69) is 0 Å². The number of carbonyl (C=O) groups is 6. The number of ether oxygens (including phenoxy) is 1. The Kier molecular flexibility index (Phi) is 6.58. The number of rotatable bonds is 5. The lowest BCUT2D eigenvalue weighted by Gasteiger charge is -2.56. The first-order chi connectivity index (χ1) is 17.3. The number of aromatic hydroxyl groups is 1. The van der Waals surface area contributed by atoms with Crippen LogP contribution in [0.15, 0.2) is 18.2 Å². The van der Waals surface area contributed by atoms with Crippen molar-refractivity contribution in [2.24, 2.45) is 29.4 Å². The summed E-state index contributed by atoms with van der Waals surface area (Å²) in [6.07, 6.45) is -1.03. The standard InChI is InChI=1S/C26H30N2O9/c1-5-7-13(30)37-22-14-10(2)11-8-6-9-12(29)15(11)20(31)16(14)23(33)26(36)18(22)19(28(3)4)21(32)17(24(26)34)25(27)35/h6,8-10,14,16-19,22,29,36H,5,7H2,1-4H3,(H2,27,35)/t10-,14+,16?,17?,18+,19-,22-,26-/m1/s1. The Bertz CT molecular complexity index is 1220. The number of esters is 1. The number of Topliss-reactive ketones (excluding diaryl/α,β-unsaturated/α-hetero) is 4. The third-order valence-corrected chi connectivity index (χ3v) is 8.05. The zero-order valence-corrected chi connectivity index (χ0v) is 21.0. The highest BCUT2D eigenvalue weighted by molar-refractivity contribution is 6.32. The predicted molar refractivity (Wildman–Crippen MR) is 126 cm³/mol. The van der Waals surface area contributed by atoms with Crippen LogP contribution in [0.4, 0.5) is 0 Å². The van der Waals surface area contributed by atoms with Crippen LogP contribution < -0.4 is 5.73 Å². The Morgan fingerprint density at radius 1 is 1.14 bits per heavy atom. The van der Waals surface area contributed by atoms with Crippen LogP contribution in [0, 0.1) is 23.7 Å². The van der Waals surface area contributed by atoms with Crippen molar-refractivity contribution >= 4 is 35.0 Å². The van der Waals surface area contributed by atoms with E-state index in [9.17, 15) is 39.0 Å². The molecule has 11 nitrogen and oxygen atoms in total. The van der Waals surface area contributed by atoms with E-state index in [4.69, 9.17) is 10.5 Å². The summed E-state index contributed by atoms with van der Waals surface area (Å²) in [6.45, 7) is 3.42. The molecular weight excluding hydrogens is 484 g/mol. The van der Waals surface area contributed by atoms with Crippen molar-refractivity contribution in [3.63, 3.8) is 0 Å². The van der Waals surface area contributed by atoms with Crippen LogP contribution in [-0.4, -0.2) is 82.0 Å². The number of ketones is 4. The van der Waals surface area contributed by atoms with E-state index in [-0.39, 0.29) is 17.7 Å². The van der Waals surface area contributed by atoms with E-state index in [0.29, 0.717) is 12.0 Å².